The van der Waals surface area contributed by atoms with Gasteiger partial charge in [-0.15, -0.1) is 0 Å². The molecule has 0 unspecified atom stereocenters. The number of aryl methyl sites for hydroxylation is 1. The highest BCUT2D eigenvalue weighted by Gasteiger charge is 2.33. The molecular weight excluding hydrogens is 222 g/mol. The molecule has 88 valence electrons. The van der Waals surface area contributed by atoms with Gasteiger partial charge in [0.15, 0.2) is 0 Å². The number of rotatable bonds is 1. The van der Waals surface area contributed by atoms with Crippen LogP contribution in [0.3, 0.4) is 0 Å². The van der Waals surface area contributed by atoms with Gasteiger partial charge in [0.2, 0.25) is 0 Å². The van der Waals surface area contributed by atoms with Gasteiger partial charge in [-0.05, 0) is 24.5 Å². The van der Waals surface area contributed by atoms with Crippen molar-refractivity contribution in [2.75, 3.05) is 18.0 Å². The van der Waals surface area contributed by atoms with Gasteiger partial charge in [-0.3, -0.25) is 0 Å². The molecule has 1 aliphatic heterocycles. The second-order valence-electron chi connectivity index (χ2n) is 3.89. The second-order valence-corrected chi connectivity index (χ2v) is 3.89. The Labute approximate surface area is 90.7 Å². The molecule has 0 bridgehead atoms. The number of halogens is 4. The van der Waals surface area contributed by atoms with Crippen LogP contribution in [0.5, 0.6) is 0 Å². The van der Waals surface area contributed by atoms with Crippen molar-refractivity contribution in [1.29, 1.82) is 0 Å². The van der Waals surface area contributed by atoms with Gasteiger partial charge in [-0.25, -0.2) is 4.39 Å². The van der Waals surface area contributed by atoms with Gasteiger partial charge >= 0.3 is 6.18 Å². The predicted molar refractivity (Wildman–Crippen MR) is 53.0 cm³/mol. The van der Waals surface area contributed by atoms with Crippen LogP contribution in [0.1, 0.15) is 12.0 Å². The minimum absolute atomic E-state index is 0.117. The molecule has 1 nitrogen and oxygen atoms in total. The minimum atomic E-state index is -4.29. The third-order valence-electron chi connectivity index (χ3n) is 2.63. The van der Waals surface area contributed by atoms with Crippen molar-refractivity contribution in [2.45, 2.75) is 19.0 Å². The summed E-state index contributed by atoms with van der Waals surface area (Å²) in [5.74, 6) is -0.568. The molecule has 1 aliphatic rings. The van der Waals surface area contributed by atoms with Gasteiger partial charge in [-0.2, -0.15) is 13.2 Å². The van der Waals surface area contributed by atoms with Crippen molar-refractivity contribution in [3.05, 3.63) is 29.6 Å². The standard InChI is InChI=1S/C11H11F4N/c12-9-5-1-3-8-4-2-6-16(10(8)9)7-11(13,14)15/h1,3,5H,2,4,6-7H2. The van der Waals surface area contributed by atoms with E-state index in [0.29, 0.717) is 18.4 Å². The van der Waals surface area contributed by atoms with Gasteiger partial charge in [0, 0.05) is 6.54 Å². The Bertz CT molecular complexity index is 386. The van der Waals surface area contributed by atoms with Gasteiger partial charge < -0.3 is 4.90 Å². The van der Waals surface area contributed by atoms with Crippen LogP contribution in [0.4, 0.5) is 23.2 Å². The van der Waals surface area contributed by atoms with Crippen LogP contribution in [0.2, 0.25) is 0 Å². The number of hydrogen-bond donors (Lipinski definition) is 0. The van der Waals surface area contributed by atoms with Crippen molar-refractivity contribution in [3.63, 3.8) is 0 Å². The van der Waals surface area contributed by atoms with Crippen molar-refractivity contribution in [2.24, 2.45) is 0 Å². The van der Waals surface area contributed by atoms with E-state index in [-0.39, 0.29) is 12.2 Å². The Morgan fingerprint density at radius 2 is 2.00 bits per heavy atom. The van der Waals surface area contributed by atoms with Crippen LogP contribution in [0, 0.1) is 5.82 Å². The molecule has 0 saturated carbocycles. The Kier molecular flexibility index (Phi) is 2.78. The van der Waals surface area contributed by atoms with Gasteiger partial charge in [-0.1, -0.05) is 12.1 Å². The highest BCUT2D eigenvalue weighted by Crippen LogP contribution is 2.32. The largest absolute Gasteiger partial charge is 0.405 e. The SMILES string of the molecule is Fc1cccc2c1N(CC(F)(F)F)CCC2. The second kappa shape index (κ2) is 3.96. The van der Waals surface area contributed by atoms with E-state index in [0.717, 1.165) is 4.90 Å². The molecule has 1 aromatic carbocycles. The number of alkyl halides is 3. The van der Waals surface area contributed by atoms with Crippen LogP contribution in [0.25, 0.3) is 0 Å². The Balaban J connectivity index is 2.32. The molecule has 0 atom stereocenters. The molecule has 0 radical (unpaired) electrons. The van der Waals surface area contributed by atoms with Crippen LogP contribution in [-0.4, -0.2) is 19.3 Å². The predicted octanol–water partition coefficient (Wildman–Crippen LogP) is 3.14. The third kappa shape index (κ3) is 2.28. The molecule has 0 aromatic heterocycles. The Morgan fingerprint density at radius 3 is 2.69 bits per heavy atom. The van der Waals surface area contributed by atoms with Crippen molar-refractivity contribution < 1.29 is 17.6 Å². The number of nitrogens with zero attached hydrogens (tertiary/aromatic N) is 1. The minimum Gasteiger partial charge on any atom is -0.360 e. The summed E-state index contributed by atoms with van der Waals surface area (Å²) in [6, 6.07) is 4.42. The number of para-hydroxylation sites is 1. The maximum Gasteiger partial charge on any atom is 0.405 e. The molecule has 1 heterocycles. The van der Waals surface area contributed by atoms with Crippen LogP contribution in [-0.2, 0) is 6.42 Å². The first-order valence-corrected chi connectivity index (χ1v) is 5.06. The average molecular weight is 233 g/mol. The van der Waals surface area contributed by atoms with E-state index in [1.165, 1.54) is 12.1 Å². The lowest BCUT2D eigenvalue weighted by Crippen LogP contribution is -2.38. The summed E-state index contributed by atoms with van der Waals surface area (Å²) in [6.07, 6.45) is -3.02. The summed E-state index contributed by atoms with van der Waals surface area (Å²) in [6.45, 7) is -0.825. The third-order valence-corrected chi connectivity index (χ3v) is 2.63. The number of fused-ring (bicyclic) bond motifs is 1. The molecule has 2 rings (SSSR count). The average Bonchev–Trinajstić information content (AvgIpc) is 2.15. The highest BCUT2D eigenvalue weighted by atomic mass is 19.4. The van der Waals surface area contributed by atoms with Crippen LogP contribution < -0.4 is 4.90 Å². The van der Waals surface area contributed by atoms with Crippen molar-refractivity contribution >= 4 is 5.69 Å². The summed E-state index contributed by atoms with van der Waals surface area (Å²) < 4.78 is 50.4. The molecule has 5 heteroatoms. The molecule has 16 heavy (non-hydrogen) atoms. The first-order chi connectivity index (χ1) is 7.47. The molecule has 0 aliphatic carbocycles. The molecular formula is C11H11F4N. The Morgan fingerprint density at radius 1 is 1.25 bits per heavy atom. The normalized spacial score (nSPS) is 16.1. The topological polar surface area (TPSA) is 3.24 Å². The summed E-state index contributed by atoms with van der Waals surface area (Å²) in [5.41, 5.74) is 0.779. The van der Waals surface area contributed by atoms with E-state index in [1.54, 1.807) is 6.07 Å². The number of benzene rings is 1. The summed E-state index contributed by atoms with van der Waals surface area (Å²) >= 11 is 0. The lowest BCUT2D eigenvalue weighted by molar-refractivity contribution is -0.119. The summed E-state index contributed by atoms with van der Waals surface area (Å²) in [5, 5.41) is 0. The van der Waals surface area contributed by atoms with E-state index < -0.39 is 18.5 Å². The highest BCUT2D eigenvalue weighted by molar-refractivity contribution is 5.56. The molecule has 0 spiro atoms. The van der Waals surface area contributed by atoms with E-state index in [4.69, 9.17) is 0 Å². The summed E-state index contributed by atoms with van der Waals surface area (Å²) in [7, 11) is 0. The fourth-order valence-corrected chi connectivity index (χ4v) is 2.06. The van der Waals surface area contributed by atoms with Gasteiger partial charge in [0.25, 0.3) is 0 Å². The molecule has 0 N–H and O–H groups in total. The van der Waals surface area contributed by atoms with Crippen molar-refractivity contribution in [1.82, 2.24) is 0 Å². The first kappa shape index (κ1) is 11.2. The maximum atomic E-state index is 13.5. The maximum absolute atomic E-state index is 13.5. The van der Waals surface area contributed by atoms with Gasteiger partial charge in [0.1, 0.15) is 12.4 Å². The van der Waals surface area contributed by atoms with Crippen LogP contribution >= 0.6 is 0 Å². The zero-order valence-electron chi connectivity index (χ0n) is 8.52. The fourth-order valence-electron chi connectivity index (χ4n) is 2.06. The monoisotopic (exact) mass is 233 g/mol. The molecule has 0 amide bonds. The first-order valence-electron chi connectivity index (χ1n) is 5.06. The molecule has 1 aromatic rings. The quantitative estimate of drug-likeness (QED) is 0.673. The van der Waals surface area contributed by atoms with E-state index in [2.05, 4.69) is 0 Å². The molecule has 0 fully saturated rings. The van der Waals surface area contributed by atoms with Crippen molar-refractivity contribution in [3.8, 4) is 0 Å². The van der Waals surface area contributed by atoms with Crippen LogP contribution in [0.15, 0.2) is 18.2 Å². The van der Waals surface area contributed by atoms with E-state index in [1.807, 2.05) is 0 Å². The molecule has 0 saturated heterocycles. The zero-order valence-corrected chi connectivity index (χ0v) is 8.52. The van der Waals surface area contributed by atoms with E-state index >= 15 is 0 Å². The lowest BCUT2D eigenvalue weighted by Gasteiger charge is -2.32. The van der Waals surface area contributed by atoms with E-state index in [9.17, 15) is 17.6 Å². The number of hydrogen-bond acceptors (Lipinski definition) is 1. The Hall–Kier alpha value is -1.26. The zero-order chi connectivity index (χ0) is 11.8. The fraction of sp³-hybridized carbons (Fsp3) is 0.455. The summed E-state index contributed by atoms with van der Waals surface area (Å²) in [4.78, 5) is 1.08. The lowest BCUT2D eigenvalue weighted by atomic mass is 10.0. The number of anilines is 1. The smallest absolute Gasteiger partial charge is 0.360 e. The van der Waals surface area contributed by atoms with Gasteiger partial charge in [0.05, 0.1) is 5.69 Å².